The van der Waals surface area contributed by atoms with Gasteiger partial charge >= 0.3 is 0 Å². The van der Waals surface area contributed by atoms with Gasteiger partial charge in [-0.15, -0.1) is 5.10 Å². The highest BCUT2D eigenvalue weighted by Gasteiger charge is 2.40. The maximum atomic E-state index is 12.9. The number of rotatable bonds is 2. The molecule has 0 radical (unpaired) electrons. The number of hydrogen-bond donors (Lipinski definition) is 0. The quantitative estimate of drug-likeness (QED) is 0.816. The SMILES string of the molecule is Cc1nnsc1C(=O)N1C[C@H]2CC[C@@H]1CN(C(=O)c1ccccn1)C2. The summed E-state index contributed by atoms with van der Waals surface area (Å²) in [7, 11) is 0. The van der Waals surface area contributed by atoms with Crippen LogP contribution in [0.25, 0.3) is 0 Å². The van der Waals surface area contributed by atoms with Crippen molar-refractivity contribution >= 4 is 23.3 Å². The van der Waals surface area contributed by atoms with Crippen molar-refractivity contribution in [3.63, 3.8) is 0 Å². The van der Waals surface area contributed by atoms with Gasteiger partial charge in [0.1, 0.15) is 10.6 Å². The number of carbonyl (C=O) groups excluding carboxylic acids is 2. The summed E-state index contributed by atoms with van der Waals surface area (Å²) in [6, 6.07) is 5.40. The van der Waals surface area contributed by atoms with E-state index in [1.807, 2.05) is 22.8 Å². The monoisotopic (exact) mass is 357 g/mol. The summed E-state index contributed by atoms with van der Waals surface area (Å²) in [5.74, 6) is 0.244. The number of carbonyl (C=O) groups is 2. The van der Waals surface area contributed by atoms with Gasteiger partial charge in [-0.05, 0) is 49.3 Å². The van der Waals surface area contributed by atoms with Crippen molar-refractivity contribution in [1.29, 1.82) is 0 Å². The molecular formula is C17H19N5O2S. The molecule has 3 aliphatic heterocycles. The van der Waals surface area contributed by atoms with Crippen LogP contribution in [-0.4, -0.2) is 61.9 Å². The molecule has 2 amide bonds. The van der Waals surface area contributed by atoms with Crippen LogP contribution in [-0.2, 0) is 0 Å². The van der Waals surface area contributed by atoms with Crippen LogP contribution in [0, 0.1) is 12.8 Å². The van der Waals surface area contributed by atoms with E-state index >= 15 is 0 Å². The number of pyridine rings is 1. The zero-order valence-electron chi connectivity index (χ0n) is 14.0. The van der Waals surface area contributed by atoms with Crippen LogP contribution in [0.5, 0.6) is 0 Å². The largest absolute Gasteiger partial charge is 0.335 e. The topological polar surface area (TPSA) is 79.3 Å². The van der Waals surface area contributed by atoms with Crippen LogP contribution in [0.2, 0.25) is 0 Å². The Balaban J connectivity index is 1.56. The molecule has 3 aliphatic rings. The fraction of sp³-hybridized carbons (Fsp3) is 0.471. The maximum Gasteiger partial charge on any atom is 0.272 e. The average Bonchev–Trinajstić information content (AvgIpc) is 2.87. The molecular weight excluding hydrogens is 338 g/mol. The lowest BCUT2D eigenvalue weighted by atomic mass is 9.95. The number of aromatic nitrogens is 3. The highest BCUT2D eigenvalue weighted by molar-refractivity contribution is 7.07. The molecule has 2 bridgehead atoms. The third kappa shape index (κ3) is 3.02. The van der Waals surface area contributed by atoms with Gasteiger partial charge in [-0.2, -0.15) is 0 Å². The maximum absolute atomic E-state index is 12.9. The number of piperidine rings is 1. The molecule has 3 fully saturated rings. The number of aryl methyl sites for hydroxylation is 1. The molecule has 2 aromatic rings. The highest BCUT2D eigenvalue weighted by Crippen LogP contribution is 2.30. The van der Waals surface area contributed by atoms with Gasteiger partial charge in [0, 0.05) is 31.9 Å². The highest BCUT2D eigenvalue weighted by atomic mass is 32.1. The van der Waals surface area contributed by atoms with Crippen molar-refractivity contribution in [2.45, 2.75) is 25.8 Å². The van der Waals surface area contributed by atoms with Gasteiger partial charge in [0.15, 0.2) is 0 Å². The van der Waals surface area contributed by atoms with Crippen molar-refractivity contribution in [2.75, 3.05) is 19.6 Å². The van der Waals surface area contributed by atoms with E-state index in [1.165, 1.54) is 0 Å². The van der Waals surface area contributed by atoms with E-state index in [0.29, 0.717) is 41.8 Å². The third-order valence-corrected chi connectivity index (χ3v) is 5.81. The molecule has 130 valence electrons. The van der Waals surface area contributed by atoms with Crippen LogP contribution in [0.1, 0.15) is 38.7 Å². The van der Waals surface area contributed by atoms with Crippen LogP contribution < -0.4 is 0 Å². The second kappa shape index (κ2) is 6.51. The number of hydrogen-bond acceptors (Lipinski definition) is 6. The Hall–Kier alpha value is -2.35. The summed E-state index contributed by atoms with van der Waals surface area (Å²) < 4.78 is 3.88. The molecule has 7 nitrogen and oxygen atoms in total. The minimum absolute atomic E-state index is 0.00525. The zero-order chi connectivity index (χ0) is 17.4. The number of nitrogens with zero attached hydrogens (tertiary/aromatic N) is 5. The molecule has 3 saturated heterocycles. The van der Waals surface area contributed by atoms with E-state index in [1.54, 1.807) is 18.3 Å². The second-order valence-corrected chi connectivity index (χ2v) is 7.42. The number of fused-ring (bicyclic) bond motifs is 4. The van der Waals surface area contributed by atoms with Crippen LogP contribution in [0.3, 0.4) is 0 Å². The molecule has 0 unspecified atom stereocenters. The van der Waals surface area contributed by atoms with E-state index in [4.69, 9.17) is 0 Å². The Kier molecular flexibility index (Phi) is 4.20. The lowest BCUT2D eigenvalue weighted by Gasteiger charge is -2.35. The summed E-state index contributed by atoms with van der Waals surface area (Å²) in [6.45, 7) is 3.73. The van der Waals surface area contributed by atoms with E-state index in [0.717, 1.165) is 24.4 Å². The van der Waals surface area contributed by atoms with E-state index in [9.17, 15) is 9.59 Å². The smallest absolute Gasteiger partial charge is 0.272 e. The standard InChI is InChI=1S/C17H19N5O2S/c1-11-15(25-20-19-11)17(24)22-9-12-5-6-13(22)10-21(8-12)16(23)14-4-2-3-7-18-14/h2-4,7,12-13H,5-6,8-10H2,1H3/t12-,13+/m0/s1. The fourth-order valence-corrected chi connectivity index (χ4v) is 4.32. The average molecular weight is 357 g/mol. The first-order chi connectivity index (χ1) is 12.1. The molecule has 25 heavy (non-hydrogen) atoms. The minimum Gasteiger partial charge on any atom is -0.335 e. The molecule has 2 aromatic heterocycles. The summed E-state index contributed by atoms with van der Waals surface area (Å²) >= 11 is 1.15. The van der Waals surface area contributed by atoms with Gasteiger partial charge < -0.3 is 9.80 Å². The molecule has 0 N–H and O–H groups in total. The molecule has 0 spiro atoms. The second-order valence-electron chi connectivity index (χ2n) is 6.67. The van der Waals surface area contributed by atoms with Gasteiger partial charge in [0.2, 0.25) is 0 Å². The summed E-state index contributed by atoms with van der Waals surface area (Å²) in [4.78, 5) is 34.2. The van der Waals surface area contributed by atoms with Gasteiger partial charge in [-0.3, -0.25) is 14.6 Å². The minimum atomic E-state index is -0.0533. The van der Waals surface area contributed by atoms with Crippen molar-refractivity contribution in [1.82, 2.24) is 24.4 Å². The first-order valence-electron chi connectivity index (χ1n) is 8.43. The molecule has 0 aromatic carbocycles. The van der Waals surface area contributed by atoms with E-state index in [2.05, 4.69) is 14.6 Å². The molecule has 0 saturated carbocycles. The van der Waals surface area contributed by atoms with Crippen molar-refractivity contribution in [3.8, 4) is 0 Å². The first-order valence-corrected chi connectivity index (χ1v) is 9.21. The van der Waals surface area contributed by atoms with E-state index in [-0.39, 0.29) is 17.9 Å². The fourth-order valence-electron chi connectivity index (χ4n) is 3.71. The Morgan fingerprint density at radius 2 is 2.04 bits per heavy atom. The summed E-state index contributed by atoms with van der Waals surface area (Å²) in [6.07, 6.45) is 3.60. The Morgan fingerprint density at radius 3 is 2.76 bits per heavy atom. The van der Waals surface area contributed by atoms with Crippen molar-refractivity contribution in [2.24, 2.45) is 5.92 Å². The normalized spacial score (nSPS) is 22.8. The Labute approximate surface area is 149 Å². The van der Waals surface area contributed by atoms with Crippen molar-refractivity contribution in [3.05, 3.63) is 40.7 Å². The molecule has 8 heteroatoms. The molecule has 5 heterocycles. The lowest BCUT2D eigenvalue weighted by molar-refractivity contribution is 0.0577. The molecule has 5 rings (SSSR count). The van der Waals surface area contributed by atoms with Crippen LogP contribution in [0.4, 0.5) is 0 Å². The van der Waals surface area contributed by atoms with Crippen LogP contribution >= 0.6 is 11.5 Å². The first kappa shape index (κ1) is 16.1. The van der Waals surface area contributed by atoms with Crippen molar-refractivity contribution < 1.29 is 9.59 Å². The predicted molar refractivity (Wildman–Crippen MR) is 92.3 cm³/mol. The van der Waals surface area contributed by atoms with Gasteiger partial charge in [-0.25, -0.2) is 0 Å². The third-order valence-electron chi connectivity index (χ3n) is 4.99. The van der Waals surface area contributed by atoms with Crippen LogP contribution in [0.15, 0.2) is 24.4 Å². The van der Waals surface area contributed by atoms with Gasteiger partial charge in [0.25, 0.3) is 11.8 Å². The summed E-state index contributed by atoms with van der Waals surface area (Å²) in [5.41, 5.74) is 1.14. The van der Waals surface area contributed by atoms with Gasteiger partial charge in [-0.1, -0.05) is 10.6 Å². The predicted octanol–water partition coefficient (Wildman–Crippen LogP) is 1.62. The molecule has 0 aliphatic carbocycles. The number of amides is 2. The Bertz CT molecular complexity index is 793. The van der Waals surface area contributed by atoms with E-state index < -0.39 is 0 Å². The molecule has 2 atom stereocenters. The van der Waals surface area contributed by atoms with Gasteiger partial charge in [0.05, 0.1) is 5.69 Å². The summed E-state index contributed by atoms with van der Waals surface area (Å²) in [5, 5.41) is 3.95. The zero-order valence-corrected chi connectivity index (χ0v) is 14.8. The lowest BCUT2D eigenvalue weighted by Crippen LogP contribution is -2.47. The Morgan fingerprint density at radius 1 is 1.16 bits per heavy atom.